The van der Waals surface area contributed by atoms with E-state index in [1.807, 2.05) is 13.8 Å². The van der Waals surface area contributed by atoms with E-state index in [1.165, 1.54) is 0 Å². The van der Waals surface area contributed by atoms with Gasteiger partial charge in [0.25, 0.3) is 0 Å². The Labute approximate surface area is 84.4 Å². The molecule has 0 saturated carbocycles. The second-order valence-corrected chi connectivity index (χ2v) is 3.32. The average molecular weight is 205 g/mol. The molecule has 1 saturated heterocycles. The zero-order chi connectivity index (χ0) is 11.0. The highest BCUT2D eigenvalue weighted by molar-refractivity contribution is 5.46. The van der Waals surface area contributed by atoms with E-state index in [0.29, 0.717) is 19.6 Å². The molecule has 84 valence electrons. The molecule has 0 bridgehead atoms. The molecule has 1 aliphatic rings. The first kappa shape index (κ1) is 13.4. The van der Waals surface area contributed by atoms with E-state index < -0.39 is 5.79 Å². The number of ether oxygens (including phenoxy) is 2. The highest BCUT2D eigenvalue weighted by Gasteiger charge is 2.27. The van der Waals surface area contributed by atoms with Crippen molar-refractivity contribution in [2.24, 2.45) is 0 Å². The van der Waals surface area contributed by atoms with E-state index in [0.717, 1.165) is 0 Å². The Balaban J connectivity index is 0.000000500. The molecule has 1 amide bonds. The number of nitrogens with one attached hydrogen (secondary N) is 1. The minimum atomic E-state index is -0.499. The van der Waals surface area contributed by atoms with Crippen molar-refractivity contribution >= 4 is 6.41 Å². The van der Waals surface area contributed by atoms with E-state index in [-0.39, 0.29) is 12.6 Å². The van der Waals surface area contributed by atoms with Gasteiger partial charge in [0.2, 0.25) is 6.41 Å². The van der Waals surface area contributed by atoms with Crippen molar-refractivity contribution in [3.8, 4) is 0 Å². The first-order chi connectivity index (χ1) is 6.55. The van der Waals surface area contributed by atoms with Crippen molar-refractivity contribution in [3.63, 3.8) is 0 Å². The van der Waals surface area contributed by atoms with Crippen LogP contribution >= 0.6 is 0 Å². The lowest BCUT2D eigenvalue weighted by molar-refractivity contribution is -0.252. The van der Waals surface area contributed by atoms with Crippen LogP contribution in [0.3, 0.4) is 0 Å². The van der Waals surface area contributed by atoms with E-state index in [9.17, 15) is 4.79 Å². The van der Waals surface area contributed by atoms with Crippen LogP contribution in [-0.4, -0.2) is 43.2 Å². The van der Waals surface area contributed by atoms with E-state index in [1.54, 1.807) is 6.92 Å². The number of aliphatic hydroxyl groups is 1. The lowest BCUT2D eigenvalue weighted by atomic mass is 10.2. The van der Waals surface area contributed by atoms with Crippen molar-refractivity contribution in [2.45, 2.75) is 32.6 Å². The van der Waals surface area contributed by atoms with Crippen LogP contribution in [0, 0.1) is 0 Å². The third-order valence-electron chi connectivity index (χ3n) is 1.57. The molecule has 5 heteroatoms. The van der Waals surface area contributed by atoms with Crippen LogP contribution in [0.4, 0.5) is 0 Å². The maximum absolute atomic E-state index is 10.0. The topological polar surface area (TPSA) is 67.8 Å². The van der Waals surface area contributed by atoms with E-state index in [2.05, 4.69) is 5.32 Å². The molecule has 0 unspecified atom stereocenters. The van der Waals surface area contributed by atoms with Crippen LogP contribution in [0.15, 0.2) is 0 Å². The van der Waals surface area contributed by atoms with Crippen LogP contribution in [0.5, 0.6) is 0 Å². The summed E-state index contributed by atoms with van der Waals surface area (Å²) in [5, 5.41) is 10.2. The first-order valence-corrected chi connectivity index (χ1v) is 4.64. The van der Waals surface area contributed by atoms with Gasteiger partial charge in [-0.3, -0.25) is 4.79 Å². The number of aliphatic hydroxyl groups excluding tert-OH is 1. The summed E-state index contributed by atoms with van der Waals surface area (Å²) < 4.78 is 10.6. The monoisotopic (exact) mass is 205 g/mol. The second-order valence-electron chi connectivity index (χ2n) is 3.32. The van der Waals surface area contributed by atoms with E-state index in [4.69, 9.17) is 14.6 Å². The van der Waals surface area contributed by atoms with Crippen LogP contribution in [0.2, 0.25) is 0 Å². The van der Waals surface area contributed by atoms with Crippen LogP contribution in [0.25, 0.3) is 0 Å². The highest BCUT2D eigenvalue weighted by atomic mass is 16.7. The first-order valence-electron chi connectivity index (χ1n) is 4.64. The lowest BCUT2D eigenvalue weighted by Gasteiger charge is -2.34. The molecule has 1 rings (SSSR count). The molecule has 0 aliphatic carbocycles. The highest BCUT2D eigenvalue weighted by Crippen LogP contribution is 2.16. The van der Waals surface area contributed by atoms with Gasteiger partial charge in [0.1, 0.15) is 0 Å². The van der Waals surface area contributed by atoms with Crippen molar-refractivity contribution in [1.82, 2.24) is 5.32 Å². The molecule has 14 heavy (non-hydrogen) atoms. The van der Waals surface area contributed by atoms with E-state index >= 15 is 0 Å². The molecule has 0 aromatic carbocycles. The second kappa shape index (κ2) is 6.75. The Kier molecular flexibility index (Phi) is 6.44. The molecule has 2 N–H and O–H groups in total. The zero-order valence-electron chi connectivity index (χ0n) is 8.95. The smallest absolute Gasteiger partial charge is 0.207 e. The zero-order valence-corrected chi connectivity index (χ0v) is 8.95. The van der Waals surface area contributed by atoms with Gasteiger partial charge in [0.05, 0.1) is 19.3 Å². The summed E-state index contributed by atoms with van der Waals surface area (Å²) in [6.07, 6.45) is 0.662. The minimum Gasteiger partial charge on any atom is -0.397 e. The van der Waals surface area contributed by atoms with Gasteiger partial charge >= 0.3 is 0 Å². The standard InChI is InChI=1S/C7H13NO3.C2H6O/c1-7(2)10-3-6(4-11-7)8-5-9;1-2-3/h5-6H,3-4H2,1-2H3,(H,8,9);3H,2H2,1H3. The molecule has 1 heterocycles. The quantitative estimate of drug-likeness (QED) is 0.617. The molecule has 0 aromatic rings. The Morgan fingerprint density at radius 2 is 1.93 bits per heavy atom. The van der Waals surface area contributed by atoms with Gasteiger partial charge in [-0.15, -0.1) is 0 Å². The summed E-state index contributed by atoms with van der Waals surface area (Å²) in [6.45, 7) is 6.67. The molecule has 0 spiro atoms. The van der Waals surface area contributed by atoms with Gasteiger partial charge in [0.15, 0.2) is 5.79 Å². The van der Waals surface area contributed by atoms with Crippen LogP contribution < -0.4 is 5.32 Å². The normalized spacial score (nSPS) is 20.6. The maximum Gasteiger partial charge on any atom is 0.207 e. The van der Waals surface area contributed by atoms with Gasteiger partial charge in [-0.2, -0.15) is 0 Å². The molecular weight excluding hydrogens is 186 g/mol. The molecular formula is C9H19NO4. The van der Waals surface area contributed by atoms with Crippen LogP contribution in [0.1, 0.15) is 20.8 Å². The fourth-order valence-corrected chi connectivity index (χ4v) is 0.885. The predicted octanol–water partition coefficient (Wildman–Crippen LogP) is -0.118. The summed E-state index contributed by atoms with van der Waals surface area (Å²) in [6, 6.07) is 0.000486. The maximum atomic E-state index is 10.0. The molecule has 1 aliphatic heterocycles. The van der Waals surface area contributed by atoms with Crippen molar-refractivity contribution in [2.75, 3.05) is 19.8 Å². The van der Waals surface area contributed by atoms with Gasteiger partial charge in [0, 0.05) is 6.61 Å². The third-order valence-corrected chi connectivity index (χ3v) is 1.57. The Hall–Kier alpha value is -0.650. The van der Waals surface area contributed by atoms with Gasteiger partial charge in [-0.25, -0.2) is 0 Å². The van der Waals surface area contributed by atoms with Crippen LogP contribution in [-0.2, 0) is 14.3 Å². The summed E-state index contributed by atoms with van der Waals surface area (Å²) in [5.41, 5.74) is 0. The third kappa shape index (κ3) is 5.90. The number of rotatable bonds is 2. The molecule has 0 atom stereocenters. The summed E-state index contributed by atoms with van der Waals surface area (Å²) in [4.78, 5) is 10.0. The molecule has 0 aromatic heterocycles. The number of carbonyl (C=O) groups excluding carboxylic acids is 1. The minimum absolute atomic E-state index is 0.000486. The van der Waals surface area contributed by atoms with Gasteiger partial charge < -0.3 is 19.9 Å². The molecule has 0 radical (unpaired) electrons. The average Bonchev–Trinajstić information content (AvgIpc) is 2.10. The van der Waals surface area contributed by atoms with Crippen molar-refractivity contribution in [3.05, 3.63) is 0 Å². The lowest BCUT2D eigenvalue weighted by Crippen LogP contribution is -2.48. The fraction of sp³-hybridized carbons (Fsp3) is 0.889. The number of hydrogen-bond acceptors (Lipinski definition) is 4. The number of hydrogen-bond donors (Lipinski definition) is 2. The van der Waals surface area contributed by atoms with Crippen molar-refractivity contribution in [1.29, 1.82) is 0 Å². The molecule has 5 nitrogen and oxygen atoms in total. The summed E-state index contributed by atoms with van der Waals surface area (Å²) in [5.74, 6) is -0.499. The Morgan fingerprint density at radius 3 is 2.29 bits per heavy atom. The van der Waals surface area contributed by atoms with Gasteiger partial charge in [-0.1, -0.05) is 0 Å². The predicted molar refractivity (Wildman–Crippen MR) is 51.7 cm³/mol. The number of amides is 1. The summed E-state index contributed by atoms with van der Waals surface area (Å²) in [7, 11) is 0. The Bertz CT molecular complexity index is 151. The van der Waals surface area contributed by atoms with Crippen molar-refractivity contribution < 1.29 is 19.4 Å². The summed E-state index contributed by atoms with van der Waals surface area (Å²) >= 11 is 0. The largest absolute Gasteiger partial charge is 0.397 e. The SMILES string of the molecule is CC1(C)OCC(NC=O)CO1.CCO. The number of carbonyl (C=O) groups is 1. The molecule has 1 fully saturated rings. The van der Waals surface area contributed by atoms with Gasteiger partial charge in [-0.05, 0) is 20.8 Å². The Morgan fingerprint density at radius 1 is 1.50 bits per heavy atom. The fourth-order valence-electron chi connectivity index (χ4n) is 0.885.